The Morgan fingerprint density at radius 1 is 0.929 bits per heavy atom. The average Bonchev–Trinajstić information content (AvgIpc) is 3.46. The van der Waals surface area contributed by atoms with Crippen LogP contribution < -0.4 is 10.5 Å². The number of nitrogens with two attached hydrogens (primary N) is 1. The molecule has 1 fully saturated rings. The topological polar surface area (TPSA) is 99.3 Å². The average molecular weight is 571 g/mol. The lowest BCUT2D eigenvalue weighted by Gasteiger charge is -2.36. The maximum absolute atomic E-state index is 13.7. The maximum Gasteiger partial charge on any atom is 0.254 e. The van der Waals surface area contributed by atoms with Crippen LogP contribution >= 0.6 is 0 Å². The van der Waals surface area contributed by atoms with Crippen molar-refractivity contribution in [2.75, 3.05) is 33.3 Å². The van der Waals surface area contributed by atoms with Crippen LogP contribution in [0.1, 0.15) is 52.9 Å². The Morgan fingerprint density at radius 2 is 1.64 bits per heavy atom. The molecular weight excluding hydrogens is 528 g/mol. The summed E-state index contributed by atoms with van der Waals surface area (Å²) in [6.45, 7) is 7.98. The quantitative estimate of drug-likeness (QED) is 0.404. The van der Waals surface area contributed by atoms with E-state index in [1.165, 1.54) is 5.56 Å². The van der Waals surface area contributed by atoms with E-state index in [2.05, 4.69) is 24.8 Å². The Balaban J connectivity index is 1.18. The second kappa shape index (κ2) is 12.5. The SMILES string of the molecule is COc1cc(CCC(C)(C)N2Cc3cccc(C(=O)N4CCN(C(=O)[C@@H](N)Cc5ccccc5)CC4)c3C2)ccc1O. The van der Waals surface area contributed by atoms with Gasteiger partial charge >= 0.3 is 0 Å². The number of carbonyl (C=O) groups excluding carboxylic acids is 2. The summed E-state index contributed by atoms with van der Waals surface area (Å²) in [5.74, 6) is 0.605. The molecule has 3 N–H and O–H groups in total. The number of hydrogen-bond acceptors (Lipinski definition) is 6. The van der Waals surface area contributed by atoms with Crippen molar-refractivity contribution in [2.45, 2.75) is 57.8 Å². The lowest BCUT2D eigenvalue weighted by atomic mass is 9.93. The number of aryl methyl sites for hydroxylation is 1. The van der Waals surface area contributed by atoms with Crippen LogP contribution in [0.25, 0.3) is 0 Å². The van der Waals surface area contributed by atoms with Crippen molar-refractivity contribution in [3.63, 3.8) is 0 Å². The van der Waals surface area contributed by atoms with Crippen molar-refractivity contribution in [1.29, 1.82) is 0 Å². The second-order valence-corrected chi connectivity index (χ2v) is 12.0. The summed E-state index contributed by atoms with van der Waals surface area (Å²) in [4.78, 5) is 32.8. The summed E-state index contributed by atoms with van der Waals surface area (Å²) < 4.78 is 5.27. The maximum atomic E-state index is 13.7. The molecule has 0 bridgehead atoms. The first-order chi connectivity index (χ1) is 20.2. The minimum Gasteiger partial charge on any atom is -0.504 e. The molecule has 0 unspecified atom stereocenters. The summed E-state index contributed by atoms with van der Waals surface area (Å²) in [5.41, 5.74) is 11.4. The first-order valence-corrected chi connectivity index (χ1v) is 14.8. The molecule has 0 aromatic heterocycles. The van der Waals surface area contributed by atoms with Crippen molar-refractivity contribution in [2.24, 2.45) is 5.73 Å². The van der Waals surface area contributed by atoms with E-state index < -0.39 is 6.04 Å². The molecule has 8 nitrogen and oxygen atoms in total. The summed E-state index contributed by atoms with van der Waals surface area (Å²) >= 11 is 0. The van der Waals surface area contributed by atoms with Crippen molar-refractivity contribution in [3.8, 4) is 11.5 Å². The molecule has 3 aromatic rings. The highest BCUT2D eigenvalue weighted by atomic mass is 16.5. The summed E-state index contributed by atoms with van der Waals surface area (Å²) in [5, 5.41) is 9.92. The molecule has 2 amide bonds. The normalized spacial score (nSPS) is 16.3. The van der Waals surface area contributed by atoms with Crippen LogP contribution in [-0.4, -0.2) is 76.5 Å². The molecule has 0 radical (unpaired) electrons. The molecule has 2 aliphatic heterocycles. The molecule has 0 saturated carbocycles. The molecule has 5 rings (SSSR count). The largest absolute Gasteiger partial charge is 0.504 e. The number of piperazine rings is 1. The van der Waals surface area contributed by atoms with Gasteiger partial charge in [0.15, 0.2) is 11.5 Å². The number of methoxy groups -OCH3 is 1. The van der Waals surface area contributed by atoms with E-state index in [0.29, 0.717) is 38.3 Å². The van der Waals surface area contributed by atoms with E-state index in [1.807, 2.05) is 59.5 Å². The predicted octanol–water partition coefficient (Wildman–Crippen LogP) is 3.98. The fourth-order valence-corrected chi connectivity index (χ4v) is 6.03. The van der Waals surface area contributed by atoms with E-state index in [0.717, 1.165) is 48.2 Å². The molecule has 1 saturated heterocycles. The Bertz CT molecular complexity index is 1420. The molecule has 1 atom stereocenters. The fraction of sp³-hybridized carbons (Fsp3) is 0.412. The summed E-state index contributed by atoms with van der Waals surface area (Å²) in [6.07, 6.45) is 2.27. The van der Waals surface area contributed by atoms with Crippen molar-refractivity contribution in [1.82, 2.24) is 14.7 Å². The standard InChI is InChI=1S/C34H42N4O4/c1-34(2,15-14-25-12-13-30(39)31(21-25)42-3)38-22-26-10-7-11-27(28(26)23-38)32(40)36-16-18-37(19-17-36)33(41)29(35)20-24-8-5-4-6-9-24/h4-13,21,29,39H,14-20,22-23,35H2,1-3H3/t29-/m0/s1. The van der Waals surface area contributed by atoms with Gasteiger partial charge < -0.3 is 25.4 Å². The molecule has 3 aromatic carbocycles. The number of ether oxygens (including phenoxy) is 1. The van der Waals surface area contributed by atoms with Gasteiger partial charge in [0.05, 0.1) is 13.2 Å². The van der Waals surface area contributed by atoms with Crippen LogP contribution in [0, 0.1) is 0 Å². The van der Waals surface area contributed by atoms with E-state index in [9.17, 15) is 14.7 Å². The number of carbonyl (C=O) groups is 2. The highest BCUT2D eigenvalue weighted by Gasteiger charge is 2.35. The van der Waals surface area contributed by atoms with Crippen LogP contribution in [0.15, 0.2) is 66.7 Å². The highest BCUT2D eigenvalue weighted by molar-refractivity contribution is 5.96. The number of nitrogens with zero attached hydrogens (tertiary/aromatic N) is 3. The van der Waals surface area contributed by atoms with Gasteiger partial charge in [0, 0.05) is 50.4 Å². The number of aromatic hydroxyl groups is 1. The fourth-order valence-electron chi connectivity index (χ4n) is 6.03. The monoisotopic (exact) mass is 570 g/mol. The lowest BCUT2D eigenvalue weighted by Crippen LogP contribution is -2.54. The van der Waals surface area contributed by atoms with E-state index in [1.54, 1.807) is 18.1 Å². The van der Waals surface area contributed by atoms with Gasteiger partial charge in [-0.25, -0.2) is 0 Å². The first kappa shape index (κ1) is 29.6. The van der Waals surface area contributed by atoms with Crippen molar-refractivity contribution >= 4 is 11.8 Å². The number of phenolic OH excluding ortho intramolecular Hbond substituents is 1. The number of phenols is 1. The molecule has 2 aliphatic rings. The van der Waals surface area contributed by atoms with Crippen LogP contribution in [0.3, 0.4) is 0 Å². The minimum atomic E-state index is -0.586. The molecule has 222 valence electrons. The van der Waals surface area contributed by atoms with Gasteiger partial charge in [-0.15, -0.1) is 0 Å². The molecule has 0 spiro atoms. The van der Waals surface area contributed by atoms with Gasteiger partial charge in [0.1, 0.15) is 0 Å². The number of benzene rings is 3. The lowest BCUT2D eigenvalue weighted by molar-refractivity contribution is -0.134. The second-order valence-electron chi connectivity index (χ2n) is 12.0. The number of rotatable bonds is 9. The van der Waals surface area contributed by atoms with E-state index in [-0.39, 0.29) is 23.1 Å². The number of hydrogen-bond donors (Lipinski definition) is 2. The van der Waals surface area contributed by atoms with Crippen LogP contribution in [-0.2, 0) is 30.7 Å². The first-order valence-electron chi connectivity index (χ1n) is 14.8. The van der Waals surface area contributed by atoms with Crippen LogP contribution in [0.4, 0.5) is 0 Å². The van der Waals surface area contributed by atoms with Gasteiger partial charge in [-0.1, -0.05) is 48.5 Å². The molecule has 42 heavy (non-hydrogen) atoms. The van der Waals surface area contributed by atoms with Crippen molar-refractivity contribution in [3.05, 3.63) is 94.5 Å². The number of amides is 2. The van der Waals surface area contributed by atoms with E-state index >= 15 is 0 Å². The third-order valence-corrected chi connectivity index (χ3v) is 8.83. The Labute approximate surface area is 248 Å². The van der Waals surface area contributed by atoms with Crippen molar-refractivity contribution < 1.29 is 19.4 Å². The van der Waals surface area contributed by atoms with Gasteiger partial charge in [0.25, 0.3) is 5.91 Å². The molecular formula is C34H42N4O4. The highest BCUT2D eigenvalue weighted by Crippen LogP contribution is 2.35. The minimum absolute atomic E-state index is 0.0309. The van der Waals surface area contributed by atoms with E-state index in [4.69, 9.17) is 10.5 Å². The smallest absolute Gasteiger partial charge is 0.254 e. The zero-order chi connectivity index (χ0) is 29.9. The van der Waals surface area contributed by atoms with Gasteiger partial charge in [0.2, 0.25) is 5.91 Å². The number of fused-ring (bicyclic) bond motifs is 1. The van der Waals surface area contributed by atoms with Gasteiger partial charge in [-0.3, -0.25) is 14.5 Å². The van der Waals surface area contributed by atoms with Gasteiger partial charge in [-0.05, 0) is 73.6 Å². The third-order valence-electron chi connectivity index (χ3n) is 8.83. The van der Waals surface area contributed by atoms with Gasteiger partial charge in [-0.2, -0.15) is 0 Å². The Morgan fingerprint density at radius 3 is 2.36 bits per heavy atom. The van der Waals surface area contributed by atoms with Crippen LogP contribution in [0.2, 0.25) is 0 Å². The molecule has 2 heterocycles. The Hall–Kier alpha value is -3.88. The zero-order valence-corrected chi connectivity index (χ0v) is 24.9. The Kier molecular flexibility index (Phi) is 8.85. The summed E-state index contributed by atoms with van der Waals surface area (Å²) in [6, 6.07) is 20.8. The molecule has 8 heteroatoms. The van der Waals surface area contributed by atoms with Crippen LogP contribution in [0.5, 0.6) is 11.5 Å². The third kappa shape index (κ3) is 6.45. The zero-order valence-electron chi connectivity index (χ0n) is 24.9. The summed E-state index contributed by atoms with van der Waals surface area (Å²) in [7, 11) is 1.56. The molecule has 0 aliphatic carbocycles. The predicted molar refractivity (Wildman–Crippen MR) is 163 cm³/mol.